The van der Waals surface area contributed by atoms with Gasteiger partial charge < -0.3 is 19.4 Å². The van der Waals surface area contributed by atoms with Gasteiger partial charge in [-0.05, 0) is 36.4 Å². The quantitative estimate of drug-likeness (QED) is 0.942. The molecule has 0 atom stereocenters. The lowest BCUT2D eigenvalue weighted by Gasteiger charge is -2.34. The zero-order valence-electron chi connectivity index (χ0n) is 13.2. The molecule has 0 unspecified atom stereocenters. The Morgan fingerprint density at radius 3 is 2.52 bits per heavy atom. The van der Waals surface area contributed by atoms with E-state index >= 15 is 0 Å². The molecule has 6 heteroatoms. The second kappa shape index (κ2) is 7.19. The SMILES string of the molecule is COc1ccc(NC(=O)N2CCN(Cc3ccco3)CC2)cc1. The van der Waals surface area contributed by atoms with E-state index in [0.717, 1.165) is 36.8 Å². The largest absolute Gasteiger partial charge is 0.497 e. The number of hydrogen-bond acceptors (Lipinski definition) is 4. The zero-order valence-corrected chi connectivity index (χ0v) is 13.2. The first kappa shape index (κ1) is 15.4. The van der Waals surface area contributed by atoms with Crippen LogP contribution in [0, 0.1) is 0 Å². The summed E-state index contributed by atoms with van der Waals surface area (Å²) in [6.45, 7) is 3.90. The molecule has 3 rings (SSSR count). The number of nitrogens with zero attached hydrogens (tertiary/aromatic N) is 2. The van der Waals surface area contributed by atoms with Crippen molar-refractivity contribution in [1.29, 1.82) is 0 Å². The van der Waals surface area contributed by atoms with Crippen LogP contribution in [0.3, 0.4) is 0 Å². The Labute approximate surface area is 135 Å². The van der Waals surface area contributed by atoms with Crippen molar-refractivity contribution < 1.29 is 13.9 Å². The number of amides is 2. The van der Waals surface area contributed by atoms with Crippen LogP contribution < -0.4 is 10.1 Å². The van der Waals surface area contributed by atoms with Crippen LogP contribution in [0.25, 0.3) is 0 Å². The number of piperazine rings is 1. The fraction of sp³-hybridized carbons (Fsp3) is 0.353. The van der Waals surface area contributed by atoms with Crippen LogP contribution in [-0.4, -0.2) is 49.1 Å². The van der Waals surface area contributed by atoms with Gasteiger partial charge in [-0.3, -0.25) is 4.90 Å². The summed E-state index contributed by atoms with van der Waals surface area (Å²) in [5.74, 6) is 1.73. The molecule has 0 saturated carbocycles. The fourth-order valence-corrected chi connectivity index (χ4v) is 2.61. The highest BCUT2D eigenvalue weighted by Gasteiger charge is 2.21. The van der Waals surface area contributed by atoms with Crippen LogP contribution in [0.15, 0.2) is 47.1 Å². The summed E-state index contributed by atoms with van der Waals surface area (Å²) in [6, 6.07) is 11.1. The van der Waals surface area contributed by atoms with Crippen molar-refractivity contribution >= 4 is 11.7 Å². The Bertz CT molecular complexity index is 617. The summed E-state index contributed by atoms with van der Waals surface area (Å²) >= 11 is 0. The Hall–Kier alpha value is -2.47. The molecule has 1 aromatic carbocycles. The summed E-state index contributed by atoms with van der Waals surface area (Å²) < 4.78 is 10.5. The number of urea groups is 1. The lowest BCUT2D eigenvalue weighted by molar-refractivity contribution is 0.137. The summed E-state index contributed by atoms with van der Waals surface area (Å²) in [5.41, 5.74) is 0.772. The number of rotatable bonds is 4. The first-order chi connectivity index (χ1) is 11.2. The summed E-state index contributed by atoms with van der Waals surface area (Å²) in [5, 5.41) is 2.92. The molecule has 1 N–H and O–H groups in total. The Morgan fingerprint density at radius 2 is 1.91 bits per heavy atom. The van der Waals surface area contributed by atoms with Crippen LogP contribution in [0.1, 0.15) is 5.76 Å². The summed E-state index contributed by atoms with van der Waals surface area (Å²) in [6.07, 6.45) is 1.69. The summed E-state index contributed by atoms with van der Waals surface area (Å²) in [4.78, 5) is 16.4. The molecule has 2 amide bonds. The number of carbonyl (C=O) groups is 1. The van der Waals surface area contributed by atoms with E-state index in [1.54, 1.807) is 13.4 Å². The van der Waals surface area contributed by atoms with E-state index in [2.05, 4.69) is 10.2 Å². The molecule has 1 aromatic heterocycles. The number of anilines is 1. The fourth-order valence-electron chi connectivity index (χ4n) is 2.61. The molecule has 0 aliphatic carbocycles. The Kier molecular flexibility index (Phi) is 4.83. The minimum absolute atomic E-state index is 0.0622. The maximum atomic E-state index is 12.3. The van der Waals surface area contributed by atoms with E-state index in [9.17, 15) is 4.79 Å². The third kappa shape index (κ3) is 4.04. The van der Waals surface area contributed by atoms with Crippen molar-refractivity contribution in [3.63, 3.8) is 0 Å². The number of methoxy groups -OCH3 is 1. The molecular weight excluding hydrogens is 294 g/mol. The predicted octanol–water partition coefficient (Wildman–Crippen LogP) is 2.64. The maximum Gasteiger partial charge on any atom is 0.321 e. The molecule has 6 nitrogen and oxygen atoms in total. The molecule has 1 fully saturated rings. The molecule has 0 spiro atoms. The van der Waals surface area contributed by atoms with Gasteiger partial charge in [-0.1, -0.05) is 0 Å². The lowest BCUT2D eigenvalue weighted by atomic mass is 10.3. The van der Waals surface area contributed by atoms with Gasteiger partial charge >= 0.3 is 6.03 Å². The van der Waals surface area contributed by atoms with Crippen molar-refractivity contribution in [2.24, 2.45) is 0 Å². The van der Waals surface area contributed by atoms with Gasteiger partial charge in [0.25, 0.3) is 0 Å². The number of carbonyl (C=O) groups excluding carboxylic acids is 1. The molecule has 1 aliphatic heterocycles. The van der Waals surface area contributed by atoms with Crippen molar-refractivity contribution in [3.05, 3.63) is 48.4 Å². The van der Waals surface area contributed by atoms with E-state index < -0.39 is 0 Å². The number of furan rings is 1. The highest BCUT2D eigenvalue weighted by Crippen LogP contribution is 2.16. The predicted molar refractivity (Wildman–Crippen MR) is 87.6 cm³/mol. The van der Waals surface area contributed by atoms with Crippen molar-refractivity contribution in [2.75, 3.05) is 38.6 Å². The van der Waals surface area contributed by atoms with Crippen LogP contribution in [0.2, 0.25) is 0 Å². The number of hydrogen-bond donors (Lipinski definition) is 1. The van der Waals surface area contributed by atoms with Crippen molar-refractivity contribution in [1.82, 2.24) is 9.80 Å². The van der Waals surface area contributed by atoms with Crippen molar-refractivity contribution in [3.8, 4) is 5.75 Å². The van der Waals surface area contributed by atoms with Gasteiger partial charge in [0.05, 0.1) is 19.9 Å². The molecule has 1 saturated heterocycles. The average Bonchev–Trinajstić information content (AvgIpc) is 3.09. The molecule has 122 valence electrons. The second-order valence-electron chi connectivity index (χ2n) is 5.50. The molecular formula is C17H21N3O3. The zero-order chi connectivity index (χ0) is 16.1. The minimum atomic E-state index is -0.0622. The third-order valence-electron chi connectivity index (χ3n) is 3.96. The molecule has 23 heavy (non-hydrogen) atoms. The first-order valence-corrected chi connectivity index (χ1v) is 7.69. The molecule has 0 bridgehead atoms. The van der Waals surface area contributed by atoms with Gasteiger partial charge in [0, 0.05) is 31.9 Å². The molecule has 2 aromatic rings. The van der Waals surface area contributed by atoms with Crippen LogP contribution in [0.5, 0.6) is 5.75 Å². The van der Waals surface area contributed by atoms with Gasteiger partial charge in [0.1, 0.15) is 11.5 Å². The third-order valence-corrected chi connectivity index (χ3v) is 3.96. The van der Waals surface area contributed by atoms with Gasteiger partial charge in [-0.2, -0.15) is 0 Å². The van der Waals surface area contributed by atoms with Crippen LogP contribution >= 0.6 is 0 Å². The average molecular weight is 315 g/mol. The van der Waals surface area contributed by atoms with Gasteiger partial charge in [-0.25, -0.2) is 4.79 Å². The summed E-state index contributed by atoms with van der Waals surface area (Å²) in [7, 11) is 1.62. The number of benzene rings is 1. The molecule has 2 heterocycles. The smallest absolute Gasteiger partial charge is 0.321 e. The monoisotopic (exact) mass is 315 g/mol. The molecule has 1 aliphatic rings. The number of nitrogens with one attached hydrogen (secondary N) is 1. The van der Waals surface area contributed by atoms with E-state index in [4.69, 9.17) is 9.15 Å². The topological polar surface area (TPSA) is 58.0 Å². The van der Waals surface area contributed by atoms with E-state index in [1.807, 2.05) is 41.3 Å². The first-order valence-electron chi connectivity index (χ1n) is 7.69. The lowest BCUT2D eigenvalue weighted by Crippen LogP contribution is -2.49. The minimum Gasteiger partial charge on any atom is -0.497 e. The van der Waals surface area contributed by atoms with Gasteiger partial charge in [-0.15, -0.1) is 0 Å². The van der Waals surface area contributed by atoms with Gasteiger partial charge in [0.2, 0.25) is 0 Å². The normalized spacial score (nSPS) is 15.4. The highest BCUT2D eigenvalue weighted by atomic mass is 16.5. The highest BCUT2D eigenvalue weighted by molar-refractivity contribution is 5.89. The van der Waals surface area contributed by atoms with E-state index in [-0.39, 0.29) is 6.03 Å². The van der Waals surface area contributed by atoms with E-state index in [0.29, 0.717) is 13.1 Å². The van der Waals surface area contributed by atoms with Crippen LogP contribution in [-0.2, 0) is 6.54 Å². The maximum absolute atomic E-state index is 12.3. The second-order valence-corrected chi connectivity index (χ2v) is 5.50. The number of ether oxygens (including phenoxy) is 1. The Morgan fingerprint density at radius 1 is 1.17 bits per heavy atom. The van der Waals surface area contributed by atoms with Crippen molar-refractivity contribution in [2.45, 2.75) is 6.54 Å². The van der Waals surface area contributed by atoms with E-state index in [1.165, 1.54) is 0 Å². The molecule has 0 radical (unpaired) electrons. The van der Waals surface area contributed by atoms with Crippen LogP contribution in [0.4, 0.5) is 10.5 Å². The standard InChI is InChI=1S/C17H21N3O3/c1-22-15-6-4-14(5-7-15)18-17(21)20-10-8-19(9-11-20)13-16-3-2-12-23-16/h2-7,12H,8-11,13H2,1H3,(H,18,21). The van der Waals surface area contributed by atoms with Gasteiger partial charge in [0.15, 0.2) is 0 Å². The Balaban J connectivity index is 1.47.